The van der Waals surface area contributed by atoms with Gasteiger partial charge in [0.25, 0.3) is 5.69 Å². The van der Waals surface area contributed by atoms with Gasteiger partial charge in [-0.25, -0.2) is 9.18 Å². The Kier molecular flexibility index (Phi) is 4.59. The van der Waals surface area contributed by atoms with E-state index in [4.69, 9.17) is 4.74 Å². The highest BCUT2D eigenvalue weighted by Gasteiger charge is 2.16. The summed E-state index contributed by atoms with van der Waals surface area (Å²) in [6.07, 6.45) is 0. The van der Waals surface area contributed by atoms with Gasteiger partial charge in [-0.2, -0.15) is 0 Å². The maximum Gasteiger partial charge on any atom is 0.328 e. The zero-order valence-electron chi connectivity index (χ0n) is 9.97. The van der Waals surface area contributed by atoms with Crippen LogP contribution in [0.1, 0.15) is 13.8 Å². The molecule has 0 spiro atoms. The zero-order chi connectivity index (χ0) is 13.7. The number of nitrogens with one attached hydrogen (secondary N) is 1. The molecule has 98 valence electrons. The van der Waals surface area contributed by atoms with Crippen molar-refractivity contribution in [1.29, 1.82) is 0 Å². The van der Waals surface area contributed by atoms with Gasteiger partial charge in [0, 0.05) is 11.8 Å². The fraction of sp³-hybridized carbons (Fsp3) is 0.364. The minimum absolute atomic E-state index is 0.155. The van der Waals surface area contributed by atoms with Crippen LogP contribution in [0.3, 0.4) is 0 Å². The van der Waals surface area contributed by atoms with E-state index in [0.29, 0.717) is 0 Å². The molecule has 0 bridgehead atoms. The van der Waals surface area contributed by atoms with Crippen molar-refractivity contribution >= 4 is 17.3 Å². The second-order valence-corrected chi connectivity index (χ2v) is 3.57. The van der Waals surface area contributed by atoms with Crippen LogP contribution in [0.15, 0.2) is 18.2 Å². The van der Waals surface area contributed by atoms with Gasteiger partial charge >= 0.3 is 5.97 Å². The lowest BCUT2D eigenvalue weighted by atomic mass is 10.2. The maximum absolute atomic E-state index is 13.1. The second kappa shape index (κ2) is 5.95. The molecule has 0 aromatic heterocycles. The molecule has 1 N–H and O–H groups in total. The maximum atomic E-state index is 13.1. The molecule has 6 nitrogen and oxygen atoms in total. The lowest BCUT2D eigenvalue weighted by Gasteiger charge is -2.13. The van der Waals surface area contributed by atoms with Gasteiger partial charge in [-0.05, 0) is 19.9 Å². The number of halogens is 1. The number of benzene rings is 1. The molecule has 0 amide bonds. The molecule has 0 heterocycles. The number of nitro benzene ring substituents is 1. The van der Waals surface area contributed by atoms with Crippen LogP contribution in [0, 0.1) is 15.9 Å². The third-order valence-electron chi connectivity index (χ3n) is 2.12. The summed E-state index contributed by atoms with van der Waals surface area (Å²) in [5, 5.41) is 13.2. The fourth-order valence-electron chi connectivity index (χ4n) is 1.34. The SMILES string of the molecule is CCOC(=O)C(C)Nc1cc(F)cc([N+](=O)[O-])c1. The molecule has 1 aromatic carbocycles. The minimum Gasteiger partial charge on any atom is -0.464 e. The number of rotatable bonds is 5. The second-order valence-electron chi connectivity index (χ2n) is 3.57. The van der Waals surface area contributed by atoms with Crippen LogP contribution in [-0.2, 0) is 9.53 Å². The molecule has 0 saturated heterocycles. The van der Waals surface area contributed by atoms with Crippen LogP contribution in [0.2, 0.25) is 0 Å². The minimum atomic E-state index is -0.747. The van der Waals surface area contributed by atoms with Gasteiger partial charge in [0.15, 0.2) is 0 Å². The Morgan fingerprint density at radius 1 is 1.56 bits per heavy atom. The number of ether oxygens (including phenoxy) is 1. The normalized spacial score (nSPS) is 11.7. The number of hydrogen-bond acceptors (Lipinski definition) is 5. The highest BCUT2D eigenvalue weighted by atomic mass is 19.1. The number of carbonyl (C=O) groups excluding carboxylic acids is 1. The third-order valence-corrected chi connectivity index (χ3v) is 2.12. The Bertz CT molecular complexity index is 464. The molecule has 0 fully saturated rings. The number of nitro groups is 1. The Labute approximate surface area is 103 Å². The summed E-state index contributed by atoms with van der Waals surface area (Å²) >= 11 is 0. The quantitative estimate of drug-likeness (QED) is 0.495. The zero-order valence-corrected chi connectivity index (χ0v) is 9.97. The Balaban J connectivity index is 2.84. The van der Waals surface area contributed by atoms with Crippen LogP contribution >= 0.6 is 0 Å². The van der Waals surface area contributed by atoms with Crippen molar-refractivity contribution in [2.75, 3.05) is 11.9 Å². The summed E-state index contributed by atoms with van der Waals surface area (Å²) in [7, 11) is 0. The summed E-state index contributed by atoms with van der Waals surface area (Å²) in [5.74, 6) is -1.26. The molecular formula is C11H13FN2O4. The molecular weight excluding hydrogens is 243 g/mol. The smallest absolute Gasteiger partial charge is 0.328 e. The summed E-state index contributed by atoms with van der Waals surface area (Å²) in [6.45, 7) is 3.42. The number of nitrogens with zero attached hydrogens (tertiary/aromatic N) is 1. The van der Waals surface area contributed by atoms with E-state index in [-0.39, 0.29) is 18.0 Å². The fourth-order valence-corrected chi connectivity index (χ4v) is 1.34. The molecule has 18 heavy (non-hydrogen) atoms. The third kappa shape index (κ3) is 3.69. The molecule has 0 radical (unpaired) electrons. The summed E-state index contributed by atoms with van der Waals surface area (Å²) in [5.41, 5.74) is -0.226. The summed E-state index contributed by atoms with van der Waals surface area (Å²) in [4.78, 5) is 21.2. The monoisotopic (exact) mass is 256 g/mol. The average Bonchev–Trinajstić information content (AvgIpc) is 2.28. The van der Waals surface area contributed by atoms with Crippen LogP contribution < -0.4 is 5.32 Å². The van der Waals surface area contributed by atoms with Crippen LogP contribution in [-0.4, -0.2) is 23.5 Å². The average molecular weight is 256 g/mol. The van der Waals surface area contributed by atoms with Crippen molar-refractivity contribution in [3.63, 3.8) is 0 Å². The number of anilines is 1. The van der Waals surface area contributed by atoms with Crippen molar-refractivity contribution < 1.29 is 18.8 Å². The number of hydrogen-bond donors (Lipinski definition) is 1. The van der Waals surface area contributed by atoms with Gasteiger partial charge in [-0.15, -0.1) is 0 Å². The predicted molar refractivity (Wildman–Crippen MR) is 62.8 cm³/mol. The first-order chi connectivity index (χ1) is 8.43. The van der Waals surface area contributed by atoms with Crippen molar-refractivity contribution in [2.24, 2.45) is 0 Å². The summed E-state index contributed by atoms with van der Waals surface area (Å²) in [6, 6.07) is 2.31. The Morgan fingerprint density at radius 3 is 2.78 bits per heavy atom. The molecule has 7 heteroatoms. The van der Waals surface area contributed by atoms with Crippen LogP contribution in [0.5, 0.6) is 0 Å². The van der Waals surface area contributed by atoms with Gasteiger partial charge in [-0.3, -0.25) is 10.1 Å². The largest absolute Gasteiger partial charge is 0.464 e. The van der Waals surface area contributed by atoms with Gasteiger partial charge in [0.1, 0.15) is 11.9 Å². The van der Waals surface area contributed by atoms with Crippen LogP contribution in [0.25, 0.3) is 0 Å². The molecule has 1 aromatic rings. The first-order valence-corrected chi connectivity index (χ1v) is 5.32. The van der Waals surface area contributed by atoms with E-state index in [1.807, 2.05) is 0 Å². The number of carbonyl (C=O) groups is 1. The van der Waals surface area contributed by atoms with Crippen molar-refractivity contribution in [2.45, 2.75) is 19.9 Å². The number of esters is 1. The van der Waals surface area contributed by atoms with Crippen molar-refractivity contribution in [3.05, 3.63) is 34.1 Å². The van der Waals surface area contributed by atoms with E-state index in [9.17, 15) is 19.3 Å². The van der Waals surface area contributed by atoms with Crippen molar-refractivity contribution in [3.8, 4) is 0 Å². The van der Waals surface area contributed by atoms with Gasteiger partial charge in [-0.1, -0.05) is 0 Å². The molecule has 1 unspecified atom stereocenters. The molecule has 1 atom stereocenters. The lowest BCUT2D eigenvalue weighted by Crippen LogP contribution is -2.28. The Hall–Kier alpha value is -2.18. The topological polar surface area (TPSA) is 81.5 Å². The first-order valence-electron chi connectivity index (χ1n) is 5.32. The Morgan fingerprint density at radius 2 is 2.22 bits per heavy atom. The molecule has 0 aliphatic heterocycles. The van der Waals surface area contributed by atoms with Crippen LogP contribution in [0.4, 0.5) is 15.8 Å². The molecule has 0 aliphatic rings. The van der Waals surface area contributed by atoms with Crippen molar-refractivity contribution in [1.82, 2.24) is 0 Å². The molecule has 0 saturated carbocycles. The molecule has 0 aliphatic carbocycles. The van der Waals surface area contributed by atoms with Gasteiger partial charge in [0.05, 0.1) is 17.6 Å². The molecule has 1 rings (SSSR count). The highest BCUT2D eigenvalue weighted by Crippen LogP contribution is 2.20. The standard InChI is InChI=1S/C11H13FN2O4/c1-3-18-11(15)7(2)13-9-4-8(12)5-10(6-9)14(16)17/h4-7,13H,3H2,1-2H3. The van der Waals surface area contributed by atoms with E-state index >= 15 is 0 Å². The van der Waals surface area contributed by atoms with Gasteiger partial charge in [0.2, 0.25) is 0 Å². The van der Waals surface area contributed by atoms with E-state index in [1.165, 1.54) is 6.92 Å². The van der Waals surface area contributed by atoms with E-state index in [1.54, 1.807) is 6.92 Å². The first kappa shape index (κ1) is 13.9. The predicted octanol–water partition coefficient (Wildman–Crippen LogP) is 2.10. The summed E-state index contributed by atoms with van der Waals surface area (Å²) < 4.78 is 17.9. The lowest BCUT2D eigenvalue weighted by molar-refractivity contribution is -0.385. The van der Waals surface area contributed by atoms with E-state index in [0.717, 1.165) is 18.2 Å². The highest BCUT2D eigenvalue weighted by molar-refractivity contribution is 5.79. The van der Waals surface area contributed by atoms with E-state index < -0.39 is 22.8 Å². The van der Waals surface area contributed by atoms with E-state index in [2.05, 4.69) is 5.32 Å². The van der Waals surface area contributed by atoms with Gasteiger partial charge < -0.3 is 10.1 Å². The number of non-ortho nitro benzene ring substituents is 1.